The van der Waals surface area contributed by atoms with Gasteiger partial charge >= 0.3 is 0 Å². The first-order valence-electron chi connectivity index (χ1n) is 17.0. The van der Waals surface area contributed by atoms with Gasteiger partial charge in [0.25, 0.3) is 0 Å². The minimum atomic E-state index is 0.881. The number of rotatable bonds is 7. The second-order valence-corrected chi connectivity index (χ2v) is 12.6. The minimum absolute atomic E-state index is 0.881. The first-order chi connectivity index (χ1) is 24.7. The Morgan fingerprint density at radius 3 is 1.58 bits per heavy atom. The Hall–Kier alpha value is -6.64. The van der Waals surface area contributed by atoms with Crippen molar-refractivity contribution in [2.24, 2.45) is 0 Å². The van der Waals surface area contributed by atoms with Gasteiger partial charge in [0.2, 0.25) is 0 Å². The molecule has 0 atom stereocenters. The molecule has 0 amide bonds. The van der Waals surface area contributed by atoms with Crippen molar-refractivity contribution in [1.29, 1.82) is 0 Å². The van der Waals surface area contributed by atoms with E-state index >= 15 is 0 Å². The van der Waals surface area contributed by atoms with E-state index in [4.69, 9.17) is 4.42 Å². The van der Waals surface area contributed by atoms with Gasteiger partial charge in [0.1, 0.15) is 11.3 Å². The summed E-state index contributed by atoms with van der Waals surface area (Å²) < 4.78 is 6.18. The summed E-state index contributed by atoms with van der Waals surface area (Å²) in [6, 6.07) is 71.2. The Labute approximate surface area is 292 Å². The summed E-state index contributed by atoms with van der Waals surface area (Å²) in [5.41, 5.74) is 12.4. The van der Waals surface area contributed by atoms with Gasteiger partial charge in [-0.15, -0.1) is 0 Å². The molecule has 0 aliphatic heterocycles. The maximum Gasteiger partial charge on any atom is 0.135 e. The zero-order valence-corrected chi connectivity index (χ0v) is 27.4. The molecule has 0 unspecified atom stereocenters. The highest BCUT2D eigenvalue weighted by Crippen LogP contribution is 2.39. The summed E-state index contributed by atoms with van der Waals surface area (Å²) >= 11 is 0. The number of furan rings is 1. The van der Waals surface area contributed by atoms with E-state index in [2.05, 4.69) is 187 Å². The lowest BCUT2D eigenvalue weighted by Gasteiger charge is -2.26. The molecule has 1 aromatic heterocycles. The molecule has 2 nitrogen and oxygen atoms in total. The average Bonchev–Trinajstić information content (AvgIpc) is 3.64. The Morgan fingerprint density at radius 2 is 0.800 bits per heavy atom. The van der Waals surface area contributed by atoms with Gasteiger partial charge in [-0.1, -0.05) is 140 Å². The summed E-state index contributed by atoms with van der Waals surface area (Å²) in [7, 11) is 0. The molecular formula is C48H33NO. The van der Waals surface area contributed by atoms with Crippen LogP contribution in [0.2, 0.25) is 0 Å². The molecule has 9 rings (SSSR count). The fourth-order valence-corrected chi connectivity index (χ4v) is 6.86. The van der Waals surface area contributed by atoms with Crippen molar-refractivity contribution in [3.8, 4) is 44.7 Å². The highest BCUT2D eigenvalue weighted by Gasteiger charge is 2.15. The van der Waals surface area contributed by atoms with Crippen LogP contribution >= 0.6 is 0 Å². The van der Waals surface area contributed by atoms with Crippen LogP contribution in [0.5, 0.6) is 0 Å². The van der Waals surface area contributed by atoms with Gasteiger partial charge in [-0.05, 0) is 105 Å². The van der Waals surface area contributed by atoms with Crippen LogP contribution in [-0.4, -0.2) is 0 Å². The van der Waals surface area contributed by atoms with E-state index in [1.807, 2.05) is 18.2 Å². The maximum absolute atomic E-state index is 6.18. The number of hydrogen-bond acceptors (Lipinski definition) is 2. The molecule has 1 heterocycles. The van der Waals surface area contributed by atoms with E-state index < -0.39 is 0 Å². The molecule has 0 radical (unpaired) electrons. The number of nitrogens with zero attached hydrogens (tertiary/aromatic N) is 1. The largest absolute Gasteiger partial charge is 0.456 e. The number of para-hydroxylation sites is 1. The van der Waals surface area contributed by atoms with Gasteiger partial charge in [0, 0.05) is 28.0 Å². The quantitative estimate of drug-likeness (QED) is 0.173. The maximum atomic E-state index is 6.18. The predicted molar refractivity (Wildman–Crippen MR) is 210 cm³/mol. The molecule has 0 fully saturated rings. The molecule has 0 spiro atoms. The second-order valence-electron chi connectivity index (χ2n) is 12.6. The van der Waals surface area contributed by atoms with Gasteiger partial charge in [0.15, 0.2) is 0 Å². The van der Waals surface area contributed by atoms with Gasteiger partial charge in [-0.3, -0.25) is 0 Å². The summed E-state index contributed by atoms with van der Waals surface area (Å²) in [6.07, 6.45) is 0. The van der Waals surface area contributed by atoms with Crippen molar-refractivity contribution in [2.45, 2.75) is 0 Å². The van der Waals surface area contributed by atoms with Gasteiger partial charge in [-0.2, -0.15) is 0 Å². The summed E-state index contributed by atoms with van der Waals surface area (Å²) in [5.74, 6) is 0.881. The van der Waals surface area contributed by atoms with Crippen molar-refractivity contribution < 1.29 is 4.42 Å². The van der Waals surface area contributed by atoms with Crippen LogP contribution in [0.1, 0.15) is 0 Å². The third-order valence-corrected chi connectivity index (χ3v) is 9.43. The standard InChI is InChI=1S/C48H33NO/c1-3-11-34(12-4-1)36-23-26-44(27-24-36)49(45-19-10-17-38(31-45)35-13-5-2-6-14-35)46-28-25-40-29-39(21-22-41(40)32-46)37-16-9-18-42(30-37)48-33-43-15-7-8-20-47(43)50-48/h1-33H. The fraction of sp³-hybridized carbons (Fsp3) is 0. The SMILES string of the molecule is c1ccc(-c2ccc(N(c3cccc(-c4ccccc4)c3)c3ccc4cc(-c5cccc(-c6cc7ccccc7o6)c5)ccc4c3)cc2)cc1. The monoisotopic (exact) mass is 639 g/mol. The van der Waals surface area contributed by atoms with Gasteiger partial charge < -0.3 is 9.32 Å². The fourth-order valence-electron chi connectivity index (χ4n) is 6.86. The smallest absolute Gasteiger partial charge is 0.135 e. The van der Waals surface area contributed by atoms with Crippen LogP contribution in [-0.2, 0) is 0 Å². The zero-order chi connectivity index (χ0) is 33.3. The molecular weight excluding hydrogens is 607 g/mol. The summed E-state index contributed by atoms with van der Waals surface area (Å²) in [5, 5.41) is 3.49. The highest BCUT2D eigenvalue weighted by atomic mass is 16.3. The molecule has 0 saturated heterocycles. The van der Waals surface area contributed by atoms with Crippen molar-refractivity contribution in [3.63, 3.8) is 0 Å². The number of anilines is 3. The summed E-state index contributed by atoms with van der Waals surface area (Å²) in [6.45, 7) is 0. The van der Waals surface area contributed by atoms with Crippen LogP contribution < -0.4 is 4.90 Å². The first kappa shape index (κ1) is 29.5. The molecule has 236 valence electrons. The van der Waals surface area contributed by atoms with Crippen LogP contribution in [0.3, 0.4) is 0 Å². The van der Waals surface area contributed by atoms with E-state index in [1.165, 1.54) is 38.6 Å². The van der Waals surface area contributed by atoms with Crippen molar-refractivity contribution in [1.82, 2.24) is 0 Å². The Morgan fingerprint density at radius 1 is 0.280 bits per heavy atom. The molecule has 0 aliphatic rings. The zero-order valence-electron chi connectivity index (χ0n) is 27.4. The number of fused-ring (bicyclic) bond motifs is 2. The molecule has 0 bridgehead atoms. The van der Waals surface area contributed by atoms with Crippen LogP contribution in [0.25, 0.3) is 66.4 Å². The third kappa shape index (κ3) is 5.74. The molecule has 50 heavy (non-hydrogen) atoms. The number of hydrogen-bond donors (Lipinski definition) is 0. The lowest BCUT2D eigenvalue weighted by molar-refractivity contribution is 0.631. The van der Waals surface area contributed by atoms with Crippen LogP contribution in [0.4, 0.5) is 17.1 Å². The van der Waals surface area contributed by atoms with Crippen molar-refractivity contribution in [3.05, 3.63) is 200 Å². The van der Waals surface area contributed by atoms with Gasteiger partial charge in [-0.25, -0.2) is 0 Å². The molecule has 8 aromatic carbocycles. The number of benzene rings is 8. The molecule has 0 N–H and O–H groups in total. The Kier molecular flexibility index (Phi) is 7.53. The average molecular weight is 640 g/mol. The van der Waals surface area contributed by atoms with E-state index in [9.17, 15) is 0 Å². The Balaban J connectivity index is 1.09. The van der Waals surface area contributed by atoms with Crippen LogP contribution in [0, 0.1) is 0 Å². The first-order valence-corrected chi connectivity index (χ1v) is 17.0. The summed E-state index contributed by atoms with van der Waals surface area (Å²) in [4.78, 5) is 2.35. The Bertz CT molecular complexity index is 2550. The normalized spacial score (nSPS) is 11.2. The van der Waals surface area contributed by atoms with E-state index in [-0.39, 0.29) is 0 Å². The minimum Gasteiger partial charge on any atom is -0.456 e. The third-order valence-electron chi connectivity index (χ3n) is 9.43. The molecule has 0 saturated carbocycles. The van der Waals surface area contributed by atoms with Gasteiger partial charge in [0.05, 0.1) is 0 Å². The predicted octanol–water partition coefficient (Wildman–Crippen LogP) is 13.7. The van der Waals surface area contributed by atoms with Crippen molar-refractivity contribution >= 4 is 38.8 Å². The highest BCUT2D eigenvalue weighted by molar-refractivity contribution is 5.93. The lowest BCUT2D eigenvalue weighted by atomic mass is 9.98. The molecule has 9 aromatic rings. The topological polar surface area (TPSA) is 16.4 Å². The van der Waals surface area contributed by atoms with E-state index in [1.54, 1.807) is 0 Å². The van der Waals surface area contributed by atoms with Crippen LogP contribution in [0.15, 0.2) is 205 Å². The molecule has 2 heteroatoms. The van der Waals surface area contributed by atoms with E-state index in [0.29, 0.717) is 0 Å². The molecule has 0 aliphatic carbocycles. The second kappa shape index (κ2) is 12.8. The lowest BCUT2D eigenvalue weighted by Crippen LogP contribution is -2.10. The van der Waals surface area contributed by atoms with E-state index in [0.717, 1.165) is 44.9 Å². The van der Waals surface area contributed by atoms with Crippen molar-refractivity contribution in [2.75, 3.05) is 4.90 Å².